The van der Waals surface area contributed by atoms with Gasteiger partial charge in [-0.15, -0.1) is 0 Å². The molecule has 6 heteroatoms. The number of hydrogen-bond donors (Lipinski definition) is 0. The second-order valence-electron chi connectivity index (χ2n) is 5.78. The van der Waals surface area contributed by atoms with Gasteiger partial charge in [-0.25, -0.2) is 8.42 Å². The number of hydrogen-bond acceptors (Lipinski definition) is 4. The lowest BCUT2D eigenvalue weighted by molar-refractivity contribution is -0.147. The Bertz CT molecular complexity index is 670. The molecule has 0 amide bonds. The van der Waals surface area contributed by atoms with Crippen LogP contribution in [-0.4, -0.2) is 33.8 Å². The average molecular weight is 309 g/mol. The van der Waals surface area contributed by atoms with E-state index in [-0.39, 0.29) is 17.9 Å². The van der Waals surface area contributed by atoms with Gasteiger partial charge in [-0.1, -0.05) is 24.6 Å². The Morgan fingerprint density at radius 2 is 2.00 bits per heavy atom. The summed E-state index contributed by atoms with van der Waals surface area (Å²) in [4.78, 5) is 12.1. The summed E-state index contributed by atoms with van der Waals surface area (Å²) in [7, 11) is -2.08. The number of nitrogens with zero attached hydrogens (tertiary/aromatic N) is 1. The third-order valence-corrected chi connectivity index (χ3v) is 5.72. The molecule has 0 saturated heterocycles. The van der Waals surface area contributed by atoms with E-state index < -0.39 is 15.9 Å². The Balaban J connectivity index is 2.14. The van der Waals surface area contributed by atoms with Crippen LogP contribution < -0.4 is 4.31 Å². The van der Waals surface area contributed by atoms with Crippen molar-refractivity contribution < 1.29 is 17.9 Å². The molecule has 0 spiro atoms. The molecular formula is C15H19NO4S. The molecule has 1 aliphatic heterocycles. The zero-order valence-electron chi connectivity index (χ0n) is 12.2. The molecule has 3 unspecified atom stereocenters. The molecule has 1 heterocycles. The third kappa shape index (κ3) is 2.21. The average Bonchev–Trinajstić information content (AvgIpc) is 2.80. The highest BCUT2D eigenvalue weighted by Gasteiger charge is 2.50. The van der Waals surface area contributed by atoms with Crippen molar-refractivity contribution in [3.8, 4) is 0 Å². The third-order valence-electron chi connectivity index (χ3n) is 4.56. The van der Waals surface area contributed by atoms with Gasteiger partial charge in [0.2, 0.25) is 10.0 Å². The van der Waals surface area contributed by atoms with Crippen molar-refractivity contribution in [3.63, 3.8) is 0 Å². The maximum Gasteiger partial charge on any atom is 0.310 e. The van der Waals surface area contributed by atoms with E-state index in [1.165, 1.54) is 17.7 Å². The SMILES string of the molecule is COC(=O)C1CCCC2c3ccccc3N(S(C)(=O)=O)C12. The van der Waals surface area contributed by atoms with Crippen LogP contribution in [0.2, 0.25) is 0 Å². The van der Waals surface area contributed by atoms with Crippen LogP contribution in [0.3, 0.4) is 0 Å². The van der Waals surface area contributed by atoms with Crippen LogP contribution in [0.15, 0.2) is 24.3 Å². The van der Waals surface area contributed by atoms with Gasteiger partial charge in [-0.05, 0) is 24.5 Å². The lowest BCUT2D eigenvalue weighted by Crippen LogP contribution is -2.48. The highest BCUT2D eigenvalue weighted by atomic mass is 32.2. The van der Waals surface area contributed by atoms with Crippen molar-refractivity contribution in [2.75, 3.05) is 17.7 Å². The fourth-order valence-electron chi connectivity index (χ4n) is 3.82. The van der Waals surface area contributed by atoms with E-state index in [0.717, 1.165) is 18.4 Å². The molecule has 1 fully saturated rings. The summed E-state index contributed by atoms with van der Waals surface area (Å²) in [6.45, 7) is 0. The molecule has 0 bridgehead atoms. The van der Waals surface area contributed by atoms with Gasteiger partial charge in [0.1, 0.15) is 0 Å². The van der Waals surface area contributed by atoms with Crippen LogP contribution in [0, 0.1) is 5.92 Å². The first kappa shape index (κ1) is 14.4. The molecule has 1 saturated carbocycles. The first-order valence-corrected chi connectivity index (χ1v) is 8.96. The van der Waals surface area contributed by atoms with Gasteiger partial charge in [0.25, 0.3) is 0 Å². The normalized spacial score (nSPS) is 27.9. The Labute approximate surface area is 124 Å². The van der Waals surface area contributed by atoms with E-state index in [1.54, 1.807) is 0 Å². The van der Waals surface area contributed by atoms with Crippen LogP contribution in [0.25, 0.3) is 0 Å². The van der Waals surface area contributed by atoms with Crippen LogP contribution in [0.4, 0.5) is 5.69 Å². The number of benzene rings is 1. The van der Waals surface area contributed by atoms with Gasteiger partial charge in [-0.3, -0.25) is 9.10 Å². The Kier molecular flexibility index (Phi) is 3.43. The molecule has 21 heavy (non-hydrogen) atoms. The van der Waals surface area contributed by atoms with E-state index in [2.05, 4.69) is 0 Å². The molecule has 114 valence electrons. The summed E-state index contributed by atoms with van der Waals surface area (Å²) >= 11 is 0. The summed E-state index contributed by atoms with van der Waals surface area (Å²) in [5, 5.41) is 0. The topological polar surface area (TPSA) is 63.7 Å². The Morgan fingerprint density at radius 1 is 1.29 bits per heavy atom. The number of para-hydroxylation sites is 1. The van der Waals surface area contributed by atoms with E-state index in [4.69, 9.17) is 4.74 Å². The minimum Gasteiger partial charge on any atom is -0.469 e. The van der Waals surface area contributed by atoms with Crippen LogP contribution in [0.1, 0.15) is 30.7 Å². The lowest BCUT2D eigenvalue weighted by atomic mass is 9.76. The van der Waals surface area contributed by atoms with Crippen LogP contribution in [-0.2, 0) is 19.6 Å². The molecule has 2 aliphatic rings. The van der Waals surface area contributed by atoms with Gasteiger partial charge < -0.3 is 4.74 Å². The molecule has 0 radical (unpaired) electrons. The van der Waals surface area contributed by atoms with Crippen molar-refractivity contribution in [1.82, 2.24) is 0 Å². The highest BCUT2D eigenvalue weighted by molar-refractivity contribution is 7.92. The smallest absolute Gasteiger partial charge is 0.310 e. The number of carbonyl (C=O) groups is 1. The standard InChI is InChI=1S/C15H19NO4S/c1-20-15(17)12-8-5-7-11-10-6-3-4-9-13(10)16(14(11)12)21(2,18)19/h3-4,6,9,11-12,14H,5,7-8H2,1-2H3. The molecule has 0 aromatic heterocycles. The van der Waals surface area contributed by atoms with E-state index in [9.17, 15) is 13.2 Å². The number of sulfonamides is 1. The van der Waals surface area contributed by atoms with E-state index in [0.29, 0.717) is 12.1 Å². The molecule has 3 rings (SSSR count). The molecule has 5 nitrogen and oxygen atoms in total. The van der Waals surface area contributed by atoms with Gasteiger partial charge in [0.15, 0.2) is 0 Å². The predicted octanol–water partition coefficient (Wildman–Crippen LogP) is 1.89. The van der Waals surface area contributed by atoms with Crippen molar-refractivity contribution in [3.05, 3.63) is 29.8 Å². The van der Waals surface area contributed by atoms with Gasteiger partial charge in [0.05, 0.1) is 31.0 Å². The Hall–Kier alpha value is -1.56. The summed E-state index contributed by atoms with van der Waals surface area (Å²) in [5.41, 5.74) is 1.74. The summed E-state index contributed by atoms with van der Waals surface area (Å²) in [5.74, 6) is -0.629. The van der Waals surface area contributed by atoms with Crippen molar-refractivity contribution >= 4 is 21.7 Å². The van der Waals surface area contributed by atoms with Crippen molar-refractivity contribution in [1.29, 1.82) is 0 Å². The second kappa shape index (κ2) is 5.02. The summed E-state index contributed by atoms with van der Waals surface area (Å²) in [6, 6.07) is 7.20. The van der Waals surface area contributed by atoms with E-state index in [1.807, 2.05) is 24.3 Å². The number of anilines is 1. The number of fused-ring (bicyclic) bond motifs is 3. The molecule has 0 N–H and O–H groups in total. The first-order chi connectivity index (χ1) is 9.95. The number of carbonyl (C=O) groups excluding carboxylic acids is 1. The van der Waals surface area contributed by atoms with Crippen molar-refractivity contribution in [2.45, 2.75) is 31.2 Å². The molecule has 1 aromatic carbocycles. The maximum atomic E-state index is 12.3. The molecular weight excluding hydrogens is 290 g/mol. The minimum absolute atomic E-state index is 0.0776. The number of esters is 1. The van der Waals surface area contributed by atoms with Gasteiger partial charge in [0, 0.05) is 5.92 Å². The second-order valence-corrected chi connectivity index (χ2v) is 7.63. The van der Waals surface area contributed by atoms with Gasteiger partial charge in [-0.2, -0.15) is 0 Å². The zero-order chi connectivity index (χ0) is 15.2. The Morgan fingerprint density at radius 3 is 2.67 bits per heavy atom. The molecule has 3 atom stereocenters. The van der Waals surface area contributed by atoms with Crippen LogP contribution >= 0.6 is 0 Å². The monoisotopic (exact) mass is 309 g/mol. The zero-order valence-corrected chi connectivity index (χ0v) is 13.0. The highest BCUT2D eigenvalue weighted by Crippen LogP contribution is 2.50. The maximum absolute atomic E-state index is 12.3. The first-order valence-electron chi connectivity index (χ1n) is 7.11. The summed E-state index contributed by atoms with van der Waals surface area (Å²) in [6.07, 6.45) is 3.69. The fourth-order valence-corrected chi connectivity index (χ4v) is 5.08. The summed E-state index contributed by atoms with van der Waals surface area (Å²) < 4.78 is 30.9. The number of ether oxygens (including phenoxy) is 1. The number of rotatable bonds is 2. The van der Waals surface area contributed by atoms with E-state index >= 15 is 0 Å². The quantitative estimate of drug-likeness (QED) is 0.783. The van der Waals surface area contributed by atoms with Crippen LogP contribution in [0.5, 0.6) is 0 Å². The largest absolute Gasteiger partial charge is 0.469 e. The molecule has 1 aromatic rings. The van der Waals surface area contributed by atoms with Gasteiger partial charge >= 0.3 is 5.97 Å². The predicted molar refractivity (Wildman–Crippen MR) is 79.7 cm³/mol. The number of methoxy groups -OCH3 is 1. The fraction of sp³-hybridized carbons (Fsp3) is 0.533. The van der Waals surface area contributed by atoms with Crippen molar-refractivity contribution in [2.24, 2.45) is 5.92 Å². The molecule has 1 aliphatic carbocycles. The lowest BCUT2D eigenvalue weighted by Gasteiger charge is -2.37. The minimum atomic E-state index is -3.44.